The molecule has 1 N–H and O–H groups in total. The van der Waals surface area contributed by atoms with Crippen LogP contribution in [0, 0.1) is 11.8 Å². The molecule has 0 saturated heterocycles. The smallest absolute Gasteiger partial charge is 0.142 e. The van der Waals surface area contributed by atoms with Crippen molar-refractivity contribution in [3.05, 3.63) is 54.1 Å². The molecule has 0 unspecified atom stereocenters. The summed E-state index contributed by atoms with van der Waals surface area (Å²) in [4.78, 5) is 0. The van der Waals surface area contributed by atoms with Gasteiger partial charge in [-0.2, -0.15) is 0 Å². The van der Waals surface area contributed by atoms with Crippen molar-refractivity contribution in [1.82, 2.24) is 0 Å². The molecule has 24 heavy (non-hydrogen) atoms. The lowest BCUT2D eigenvalue weighted by atomic mass is 10.2. The van der Waals surface area contributed by atoms with Crippen LogP contribution in [-0.2, 0) is 6.54 Å². The van der Waals surface area contributed by atoms with Crippen molar-refractivity contribution in [1.29, 1.82) is 0 Å². The number of nitrogens with one attached hydrogen (secondary N) is 1. The molecule has 0 heterocycles. The predicted molar refractivity (Wildman–Crippen MR) is 101 cm³/mol. The molecule has 0 fully saturated rings. The SMILES string of the molecule is CC(C)COc1ccccc1CNc1ccccc1OCC(C)C. The standard InChI is InChI=1S/C21H29NO2/c1-16(2)14-23-20-11-7-5-9-18(20)13-22-19-10-6-8-12-21(19)24-15-17(3)4/h5-12,16-17,22H,13-15H2,1-4H3. The number of benzene rings is 2. The Balaban J connectivity index is 2.03. The maximum Gasteiger partial charge on any atom is 0.142 e. The zero-order valence-corrected chi connectivity index (χ0v) is 15.2. The lowest BCUT2D eigenvalue weighted by Gasteiger charge is -2.16. The van der Waals surface area contributed by atoms with Crippen molar-refractivity contribution in [3.8, 4) is 11.5 Å². The van der Waals surface area contributed by atoms with Gasteiger partial charge in [-0.25, -0.2) is 0 Å². The molecule has 3 heteroatoms. The van der Waals surface area contributed by atoms with Crippen molar-refractivity contribution in [2.45, 2.75) is 34.2 Å². The van der Waals surface area contributed by atoms with E-state index in [1.165, 1.54) is 0 Å². The fraction of sp³-hybridized carbons (Fsp3) is 0.429. The average Bonchev–Trinajstić information content (AvgIpc) is 2.57. The summed E-state index contributed by atoms with van der Waals surface area (Å²) in [6.45, 7) is 10.8. The molecule has 0 aliphatic heterocycles. The first-order chi connectivity index (χ1) is 11.6. The average molecular weight is 327 g/mol. The van der Waals surface area contributed by atoms with Crippen molar-refractivity contribution in [2.75, 3.05) is 18.5 Å². The van der Waals surface area contributed by atoms with E-state index in [4.69, 9.17) is 9.47 Å². The zero-order valence-electron chi connectivity index (χ0n) is 15.2. The lowest BCUT2D eigenvalue weighted by Crippen LogP contribution is -2.09. The molecule has 0 saturated carbocycles. The molecule has 0 aliphatic rings. The zero-order chi connectivity index (χ0) is 17.4. The Bertz CT molecular complexity index is 567. The maximum atomic E-state index is 5.92. The minimum Gasteiger partial charge on any atom is -0.493 e. The van der Waals surface area contributed by atoms with Crippen LogP contribution >= 0.6 is 0 Å². The largest absolute Gasteiger partial charge is 0.493 e. The minimum atomic E-state index is 0.503. The Morgan fingerprint density at radius 1 is 0.750 bits per heavy atom. The van der Waals surface area contributed by atoms with Crippen LogP contribution in [0.5, 0.6) is 11.5 Å². The maximum absolute atomic E-state index is 5.92. The molecular formula is C21H29NO2. The van der Waals surface area contributed by atoms with Crippen LogP contribution in [-0.4, -0.2) is 13.2 Å². The second kappa shape index (κ2) is 9.21. The van der Waals surface area contributed by atoms with Crippen LogP contribution in [0.25, 0.3) is 0 Å². The number of hydrogen-bond donors (Lipinski definition) is 1. The Kier molecular flexibility index (Phi) is 6.98. The molecule has 2 rings (SSSR count). The highest BCUT2D eigenvalue weighted by Gasteiger charge is 2.07. The molecule has 3 nitrogen and oxygen atoms in total. The minimum absolute atomic E-state index is 0.503. The Morgan fingerprint density at radius 2 is 1.29 bits per heavy atom. The molecule has 2 aromatic carbocycles. The van der Waals surface area contributed by atoms with Crippen LogP contribution in [0.3, 0.4) is 0 Å². The summed E-state index contributed by atoms with van der Waals surface area (Å²) < 4.78 is 11.8. The van der Waals surface area contributed by atoms with E-state index in [2.05, 4.69) is 39.1 Å². The van der Waals surface area contributed by atoms with E-state index < -0.39 is 0 Å². The summed E-state index contributed by atoms with van der Waals surface area (Å²) in [5, 5.41) is 3.48. The van der Waals surface area contributed by atoms with Gasteiger partial charge in [-0.3, -0.25) is 0 Å². The first-order valence-electron chi connectivity index (χ1n) is 8.72. The predicted octanol–water partition coefficient (Wildman–Crippen LogP) is 5.37. The molecule has 0 atom stereocenters. The fourth-order valence-corrected chi connectivity index (χ4v) is 2.23. The molecule has 0 aliphatic carbocycles. The topological polar surface area (TPSA) is 30.5 Å². The van der Waals surface area contributed by atoms with Crippen molar-refractivity contribution >= 4 is 5.69 Å². The van der Waals surface area contributed by atoms with Crippen molar-refractivity contribution < 1.29 is 9.47 Å². The molecule has 0 bridgehead atoms. The van der Waals surface area contributed by atoms with Gasteiger partial charge in [0.25, 0.3) is 0 Å². The van der Waals surface area contributed by atoms with Crippen molar-refractivity contribution in [3.63, 3.8) is 0 Å². The Morgan fingerprint density at radius 3 is 1.96 bits per heavy atom. The van der Waals surface area contributed by atoms with Gasteiger partial charge in [0.15, 0.2) is 0 Å². The van der Waals surface area contributed by atoms with E-state index in [9.17, 15) is 0 Å². The molecule has 130 valence electrons. The van der Waals surface area contributed by atoms with E-state index in [1.807, 2.05) is 42.5 Å². The summed E-state index contributed by atoms with van der Waals surface area (Å²) in [6.07, 6.45) is 0. The van der Waals surface area contributed by atoms with Gasteiger partial charge >= 0.3 is 0 Å². The van der Waals surface area contributed by atoms with Gasteiger partial charge in [0, 0.05) is 12.1 Å². The summed E-state index contributed by atoms with van der Waals surface area (Å²) >= 11 is 0. The van der Waals surface area contributed by atoms with E-state index in [1.54, 1.807) is 0 Å². The lowest BCUT2D eigenvalue weighted by molar-refractivity contribution is 0.268. The van der Waals surface area contributed by atoms with Crippen LogP contribution in [0.1, 0.15) is 33.3 Å². The number of ether oxygens (including phenoxy) is 2. The monoisotopic (exact) mass is 327 g/mol. The molecule has 0 amide bonds. The summed E-state index contributed by atoms with van der Waals surface area (Å²) in [6, 6.07) is 16.3. The van der Waals surface area contributed by atoms with Crippen LogP contribution in [0.2, 0.25) is 0 Å². The van der Waals surface area contributed by atoms with Gasteiger partial charge in [0.05, 0.1) is 18.9 Å². The quantitative estimate of drug-likeness (QED) is 0.672. The number of anilines is 1. The second-order valence-corrected chi connectivity index (χ2v) is 6.87. The van der Waals surface area contributed by atoms with Crippen LogP contribution in [0.15, 0.2) is 48.5 Å². The fourth-order valence-electron chi connectivity index (χ4n) is 2.23. The van der Waals surface area contributed by atoms with E-state index in [0.717, 1.165) is 29.4 Å². The van der Waals surface area contributed by atoms with Gasteiger partial charge in [-0.15, -0.1) is 0 Å². The first-order valence-corrected chi connectivity index (χ1v) is 8.72. The van der Waals surface area contributed by atoms with Crippen molar-refractivity contribution in [2.24, 2.45) is 11.8 Å². The molecule has 2 aromatic rings. The third kappa shape index (κ3) is 5.80. The molecule has 0 spiro atoms. The number of para-hydroxylation sites is 3. The third-order valence-corrected chi connectivity index (χ3v) is 3.47. The Hall–Kier alpha value is -2.16. The second-order valence-electron chi connectivity index (χ2n) is 6.87. The van der Waals surface area contributed by atoms with E-state index >= 15 is 0 Å². The van der Waals surface area contributed by atoms with Gasteiger partial charge in [-0.1, -0.05) is 58.0 Å². The van der Waals surface area contributed by atoms with Gasteiger partial charge in [0.1, 0.15) is 11.5 Å². The molecule has 0 radical (unpaired) electrons. The van der Waals surface area contributed by atoms with Gasteiger partial charge < -0.3 is 14.8 Å². The molecule has 0 aromatic heterocycles. The number of rotatable bonds is 9. The third-order valence-electron chi connectivity index (χ3n) is 3.47. The summed E-state index contributed by atoms with van der Waals surface area (Å²) in [5.74, 6) is 2.85. The highest BCUT2D eigenvalue weighted by Crippen LogP contribution is 2.26. The van der Waals surface area contributed by atoms with E-state index in [-0.39, 0.29) is 0 Å². The highest BCUT2D eigenvalue weighted by atomic mass is 16.5. The number of hydrogen-bond acceptors (Lipinski definition) is 3. The highest BCUT2D eigenvalue weighted by molar-refractivity contribution is 5.56. The summed E-state index contributed by atoms with van der Waals surface area (Å²) in [5.41, 5.74) is 2.16. The normalized spacial score (nSPS) is 10.9. The van der Waals surface area contributed by atoms with Crippen LogP contribution in [0.4, 0.5) is 5.69 Å². The van der Waals surface area contributed by atoms with Gasteiger partial charge in [-0.05, 0) is 30.0 Å². The molecular weight excluding hydrogens is 298 g/mol. The van der Waals surface area contributed by atoms with Gasteiger partial charge in [0.2, 0.25) is 0 Å². The van der Waals surface area contributed by atoms with Crippen LogP contribution < -0.4 is 14.8 Å². The Labute approximate surface area is 146 Å². The summed E-state index contributed by atoms with van der Waals surface area (Å²) in [7, 11) is 0. The van der Waals surface area contributed by atoms with E-state index in [0.29, 0.717) is 25.0 Å². The first kappa shape index (κ1) is 18.2.